The maximum absolute atomic E-state index is 4.83. The molecule has 0 heterocycles. The van der Waals surface area contributed by atoms with Crippen LogP contribution in [0.4, 0.5) is 0 Å². The molecular formula is C59H63N. The van der Waals surface area contributed by atoms with Crippen LogP contribution in [0, 0.1) is 6.92 Å². The summed E-state index contributed by atoms with van der Waals surface area (Å²) in [5.74, 6) is 0. The molecule has 8 rings (SSSR count). The Kier molecular flexibility index (Phi) is 16.5. The average molecular weight is 786 g/mol. The molecule has 0 fully saturated rings. The van der Waals surface area contributed by atoms with E-state index in [1.807, 2.05) is 46.9 Å². The first-order valence-electron chi connectivity index (χ1n) is 21.9. The van der Waals surface area contributed by atoms with E-state index in [9.17, 15) is 0 Å². The van der Waals surface area contributed by atoms with Crippen LogP contribution in [0.15, 0.2) is 181 Å². The van der Waals surface area contributed by atoms with Gasteiger partial charge in [0.2, 0.25) is 0 Å². The number of rotatable bonds is 8. The van der Waals surface area contributed by atoms with Crippen molar-refractivity contribution in [2.24, 2.45) is 4.99 Å². The lowest BCUT2D eigenvalue weighted by Crippen LogP contribution is -2.01. The minimum atomic E-state index is 0.977. The zero-order valence-corrected chi connectivity index (χ0v) is 37.4. The topological polar surface area (TPSA) is 12.4 Å². The minimum absolute atomic E-state index is 0.977. The zero-order valence-electron chi connectivity index (χ0n) is 37.4. The first-order valence-corrected chi connectivity index (χ1v) is 21.9. The van der Waals surface area contributed by atoms with Gasteiger partial charge in [-0.15, -0.1) is 0 Å². The molecule has 1 nitrogen and oxygen atoms in total. The van der Waals surface area contributed by atoms with Crippen molar-refractivity contribution in [1.82, 2.24) is 0 Å². The van der Waals surface area contributed by atoms with E-state index in [0.717, 1.165) is 25.0 Å². The smallest absolute Gasteiger partial charge is 0.0457 e. The summed E-state index contributed by atoms with van der Waals surface area (Å²) in [6.45, 7) is 22.9. The molecule has 0 radical (unpaired) electrons. The van der Waals surface area contributed by atoms with E-state index in [2.05, 4.69) is 192 Å². The van der Waals surface area contributed by atoms with Gasteiger partial charge in [0.05, 0.1) is 0 Å². The van der Waals surface area contributed by atoms with Crippen LogP contribution in [0.25, 0.3) is 66.6 Å². The molecule has 0 unspecified atom stereocenters. The van der Waals surface area contributed by atoms with E-state index >= 15 is 0 Å². The van der Waals surface area contributed by atoms with Crippen LogP contribution in [0.3, 0.4) is 0 Å². The molecule has 0 amide bonds. The minimum Gasteiger partial charge on any atom is -0.261 e. The second kappa shape index (κ2) is 22.2. The highest BCUT2D eigenvalue weighted by Gasteiger charge is 2.19. The Morgan fingerprint density at radius 3 is 1.97 bits per heavy atom. The number of hydrogen-bond donors (Lipinski definition) is 0. The first-order chi connectivity index (χ1) is 29.4. The van der Waals surface area contributed by atoms with Gasteiger partial charge in [-0.05, 0) is 142 Å². The van der Waals surface area contributed by atoms with Crippen molar-refractivity contribution in [1.29, 1.82) is 0 Å². The fourth-order valence-electron chi connectivity index (χ4n) is 8.01. The van der Waals surface area contributed by atoms with Crippen LogP contribution in [0.2, 0.25) is 0 Å². The first kappa shape index (κ1) is 44.8. The second-order valence-corrected chi connectivity index (χ2v) is 14.7. The molecule has 0 spiro atoms. The normalized spacial score (nSPS) is 12.2. The van der Waals surface area contributed by atoms with Gasteiger partial charge in [0.15, 0.2) is 0 Å². The molecule has 1 heteroatoms. The summed E-state index contributed by atoms with van der Waals surface area (Å²) in [5, 5.41) is 4.94. The van der Waals surface area contributed by atoms with Crippen molar-refractivity contribution in [3.05, 3.63) is 204 Å². The third-order valence-electron chi connectivity index (χ3n) is 10.8. The average Bonchev–Trinajstić information content (AvgIpc) is 3.30. The molecule has 60 heavy (non-hydrogen) atoms. The molecule has 7 aromatic carbocycles. The molecule has 0 aromatic heterocycles. The van der Waals surface area contributed by atoms with E-state index in [0.29, 0.717) is 0 Å². The fourth-order valence-corrected chi connectivity index (χ4v) is 8.01. The second-order valence-electron chi connectivity index (χ2n) is 14.7. The van der Waals surface area contributed by atoms with Crippen molar-refractivity contribution >= 4 is 38.9 Å². The SMILES string of the molecule is C/C=C\N=C(C)c1c2ccccc2c(-c2ccc(C)c(/C=C\C/C(C)=C/CC)c2)c2ccc(-c3ccccc3)cc12.C=C1Cc2ccccc2-c2ccccc21.CC.CC. The van der Waals surface area contributed by atoms with Crippen LogP contribution in [-0.4, -0.2) is 5.71 Å². The predicted molar refractivity (Wildman–Crippen MR) is 269 cm³/mol. The van der Waals surface area contributed by atoms with E-state index in [1.54, 1.807) is 0 Å². The lowest BCUT2D eigenvalue weighted by molar-refractivity contribution is 1.12. The summed E-state index contributed by atoms with van der Waals surface area (Å²) in [5.41, 5.74) is 17.7. The Morgan fingerprint density at radius 2 is 1.25 bits per heavy atom. The number of fused-ring (bicyclic) bond motifs is 5. The van der Waals surface area contributed by atoms with Crippen LogP contribution in [0.5, 0.6) is 0 Å². The molecule has 0 N–H and O–H groups in total. The number of aryl methyl sites for hydroxylation is 1. The van der Waals surface area contributed by atoms with Gasteiger partial charge in [-0.3, -0.25) is 4.99 Å². The summed E-state index contributed by atoms with van der Waals surface area (Å²) in [6, 6.07) is 50.3. The summed E-state index contributed by atoms with van der Waals surface area (Å²) in [4.78, 5) is 4.83. The van der Waals surface area contributed by atoms with E-state index in [-0.39, 0.29) is 0 Å². The maximum Gasteiger partial charge on any atom is 0.0457 e. The molecule has 0 atom stereocenters. The molecule has 1 aliphatic carbocycles. The number of allylic oxidation sites excluding steroid dienone is 5. The van der Waals surface area contributed by atoms with Crippen LogP contribution >= 0.6 is 0 Å². The Hall–Kier alpha value is -6.31. The molecule has 304 valence electrons. The number of aliphatic imine (C=N–C) groups is 1. The predicted octanol–water partition coefficient (Wildman–Crippen LogP) is 17.7. The lowest BCUT2D eigenvalue weighted by atomic mass is 9.83. The third-order valence-corrected chi connectivity index (χ3v) is 10.8. The Morgan fingerprint density at radius 1 is 0.633 bits per heavy atom. The van der Waals surface area contributed by atoms with Gasteiger partial charge in [-0.1, -0.05) is 198 Å². The molecule has 0 bridgehead atoms. The molecule has 1 aliphatic rings. The zero-order chi connectivity index (χ0) is 43.0. The van der Waals surface area contributed by atoms with Crippen molar-refractivity contribution in [3.63, 3.8) is 0 Å². The highest BCUT2D eigenvalue weighted by Crippen LogP contribution is 2.42. The van der Waals surface area contributed by atoms with E-state index in [4.69, 9.17) is 4.99 Å². The van der Waals surface area contributed by atoms with Crippen molar-refractivity contribution < 1.29 is 0 Å². The number of hydrogen-bond acceptors (Lipinski definition) is 1. The lowest BCUT2D eigenvalue weighted by Gasteiger charge is -2.21. The fraction of sp³-hybridized carbons (Fsp3) is 0.203. The van der Waals surface area contributed by atoms with E-state index < -0.39 is 0 Å². The standard InChI is InChI=1S/C40H39N.C15H12.2C2H6/c1-6-14-28(3)15-13-18-32-26-34(22-21-29(32)4)40-36-20-12-11-19-35(36)39(30(5)41-25-7-2)38-27-33(23-24-37(38)40)31-16-9-8-10-17-31;1-11-10-12-6-2-3-8-14(12)15-9-5-4-7-13(11)15;2*1-2/h7-14,16-27H,6,15H2,1-5H3;2-9H,1,10H2;2*1-2H3/b18-13-,25-7-,28-14+,41-30?;;;. The highest BCUT2D eigenvalue weighted by atomic mass is 14.7. The molecule has 0 saturated carbocycles. The maximum atomic E-state index is 4.83. The van der Waals surface area contributed by atoms with Crippen LogP contribution < -0.4 is 0 Å². The Bertz CT molecular complexity index is 2660. The van der Waals surface area contributed by atoms with Crippen molar-refractivity contribution in [2.45, 2.75) is 81.6 Å². The van der Waals surface area contributed by atoms with Gasteiger partial charge in [-0.25, -0.2) is 0 Å². The summed E-state index contributed by atoms with van der Waals surface area (Å²) >= 11 is 0. The van der Waals surface area contributed by atoms with Gasteiger partial charge in [0.1, 0.15) is 0 Å². The number of benzene rings is 7. The summed E-state index contributed by atoms with van der Waals surface area (Å²) in [7, 11) is 0. The van der Waals surface area contributed by atoms with Crippen LogP contribution in [0.1, 0.15) is 96.0 Å². The molecule has 7 aromatic rings. The molecule has 0 saturated heterocycles. The van der Waals surface area contributed by atoms with Gasteiger partial charge in [0, 0.05) is 17.5 Å². The quantitative estimate of drug-likeness (QED) is 0.0827. The van der Waals surface area contributed by atoms with Gasteiger partial charge in [0.25, 0.3) is 0 Å². The van der Waals surface area contributed by atoms with Crippen LogP contribution in [-0.2, 0) is 6.42 Å². The highest BCUT2D eigenvalue weighted by molar-refractivity contribution is 6.26. The largest absolute Gasteiger partial charge is 0.261 e. The van der Waals surface area contributed by atoms with Gasteiger partial charge in [-0.2, -0.15) is 0 Å². The van der Waals surface area contributed by atoms with Crippen molar-refractivity contribution in [3.8, 4) is 33.4 Å². The monoisotopic (exact) mass is 785 g/mol. The molecule has 0 aliphatic heterocycles. The summed E-state index contributed by atoms with van der Waals surface area (Å²) in [6.07, 6.45) is 13.8. The van der Waals surface area contributed by atoms with Crippen molar-refractivity contribution in [2.75, 3.05) is 0 Å². The van der Waals surface area contributed by atoms with E-state index in [1.165, 1.54) is 93.9 Å². The van der Waals surface area contributed by atoms with Gasteiger partial charge < -0.3 is 0 Å². The number of nitrogens with zero attached hydrogens (tertiary/aromatic N) is 1. The Balaban J connectivity index is 0.000000297. The van der Waals surface area contributed by atoms with Gasteiger partial charge >= 0.3 is 0 Å². The summed E-state index contributed by atoms with van der Waals surface area (Å²) < 4.78 is 0. The third kappa shape index (κ3) is 10.3. The Labute approximate surface area is 361 Å². The molecular weight excluding hydrogens is 723 g/mol.